The molecule has 15 N–H and O–H groups in total. The van der Waals surface area contributed by atoms with Gasteiger partial charge < -0.3 is 83.6 Å². The molecule has 4 aliphatic rings. The Hall–Kier alpha value is -10.4. The van der Waals surface area contributed by atoms with Crippen molar-refractivity contribution in [2.24, 2.45) is 11.5 Å². The summed E-state index contributed by atoms with van der Waals surface area (Å²) in [7, 11) is 1.45. The number of aliphatic hydroxyl groups is 1. The number of amides is 11. The average molecular weight is 1400 g/mol. The lowest BCUT2D eigenvalue weighted by atomic mass is 9.94. The van der Waals surface area contributed by atoms with E-state index < -0.39 is 162 Å². The largest absolute Gasteiger partial charge is 0.497 e. The number of aromatic nitrogens is 2. The van der Waals surface area contributed by atoms with Crippen LogP contribution >= 0.6 is 0 Å². The highest BCUT2D eigenvalue weighted by Crippen LogP contribution is 2.32. The van der Waals surface area contributed by atoms with Gasteiger partial charge >= 0.3 is 0 Å². The van der Waals surface area contributed by atoms with Crippen LogP contribution in [0.25, 0.3) is 21.8 Å². The van der Waals surface area contributed by atoms with Gasteiger partial charge in [0.15, 0.2) is 0 Å². The number of nitrogens with two attached hydrogens (primary N) is 2. The Labute approximate surface area is 580 Å². The number of rotatable bonds is 14. The van der Waals surface area contributed by atoms with Crippen LogP contribution in [0.5, 0.6) is 5.75 Å². The van der Waals surface area contributed by atoms with Gasteiger partial charge in [-0.1, -0.05) is 49.2 Å². The number of hydrogen-bond donors (Lipinski definition) is 13. The maximum absolute atomic E-state index is 16.1. The molecule has 11 amide bonds. The van der Waals surface area contributed by atoms with Crippen LogP contribution < -0.4 is 58.7 Å². The molecule has 2 bridgehead atoms. The number of nitrogens with zero attached hydrogens (tertiary/aromatic N) is 2. The van der Waals surface area contributed by atoms with E-state index in [0.717, 1.165) is 4.90 Å². The first-order chi connectivity index (χ1) is 48.2. The predicted octanol–water partition coefficient (Wildman–Crippen LogP) is 1.74. The first-order valence-corrected chi connectivity index (χ1v) is 33.8. The van der Waals surface area contributed by atoms with Crippen molar-refractivity contribution in [2.45, 2.75) is 177 Å². The summed E-state index contributed by atoms with van der Waals surface area (Å²) >= 11 is 0. The topological polar surface area (TPSA) is 404 Å². The van der Waals surface area contributed by atoms with Crippen molar-refractivity contribution in [1.82, 2.24) is 62.3 Å². The molecule has 4 aliphatic heterocycles. The molecule has 27 nitrogen and oxygen atoms in total. The molecule has 0 spiro atoms. The number of halogens is 3. The van der Waals surface area contributed by atoms with E-state index in [1.165, 1.54) is 81.6 Å². The fraction of sp³-hybridized carbons (Fsp3) is 0.451. The Morgan fingerprint density at radius 3 is 1.89 bits per heavy atom. The normalized spacial score (nSPS) is 25.0. The van der Waals surface area contributed by atoms with E-state index in [4.69, 9.17) is 16.2 Å². The smallest absolute Gasteiger partial charge is 0.246 e. The number of benzene rings is 4. The van der Waals surface area contributed by atoms with Crippen LogP contribution in [-0.2, 0) is 85.0 Å². The molecule has 0 aliphatic carbocycles. The standard InChI is InChI=1S/C71H87F3N14O13/c1-38-63(93)82-55(29-43-35-77-51-20-16-45(72)31-49(43)51)65(95)83-57(30-44-36-78-52-21-17-46(73)32-50(44)52)68(98)87-37-47(74)33-58(87)66(96)86-61(39(2)89)67(97)84-56(28-41-14-18-48(101-4)19-15-41)69(99)88-26-8-24-71(88,3)70(100)85-54(62(76)92)27-40-10-12-42(13-11-40)34-79-59(90)22-23-60(91)81-53(64(94)80-38)9-6-5-7-25-75/h10-21,31-32,35-36,38-39,47,53-58,61,77-78,89H,5-9,22-30,33-34,37,75H2,1-4H3,(H2,76,92)(H,79,90)(H,80,94)(H,81,91)(H,82,93)(H,83,95)(H,84,97)(H,85,100)(H,86,96)/t38-,39-,47+,53+,54+,55+,56+,57+,58+,61+,71+/m1/s1. The summed E-state index contributed by atoms with van der Waals surface area (Å²) in [6.07, 6.45) is -1.07. The number of primary amides is 1. The molecule has 6 heterocycles. The lowest BCUT2D eigenvalue weighted by Gasteiger charge is -2.37. The van der Waals surface area contributed by atoms with Crippen molar-refractivity contribution >= 4 is 86.8 Å². The Bertz CT molecular complexity index is 4040. The second-order valence-electron chi connectivity index (χ2n) is 26.3. The summed E-state index contributed by atoms with van der Waals surface area (Å²) in [5, 5.41) is 33.1. The van der Waals surface area contributed by atoms with Crippen LogP contribution in [-0.4, -0.2) is 183 Å². The molecule has 2 saturated heterocycles. The highest BCUT2D eigenvalue weighted by atomic mass is 19.1. The zero-order valence-corrected chi connectivity index (χ0v) is 56.6. The predicted molar refractivity (Wildman–Crippen MR) is 364 cm³/mol. The second-order valence-corrected chi connectivity index (χ2v) is 26.3. The maximum Gasteiger partial charge on any atom is 0.246 e. The summed E-state index contributed by atoms with van der Waals surface area (Å²) in [5.74, 6) is -10.5. The van der Waals surface area contributed by atoms with Crippen LogP contribution in [0.3, 0.4) is 0 Å². The van der Waals surface area contributed by atoms with Crippen molar-refractivity contribution in [3.63, 3.8) is 0 Å². The molecule has 4 aromatic carbocycles. The Morgan fingerprint density at radius 2 is 1.27 bits per heavy atom. The number of fused-ring (bicyclic) bond motifs is 30. The van der Waals surface area contributed by atoms with E-state index in [0.29, 0.717) is 76.7 Å². The second kappa shape index (κ2) is 33.7. The number of alkyl halides is 1. The van der Waals surface area contributed by atoms with Crippen molar-refractivity contribution in [2.75, 3.05) is 26.7 Å². The molecule has 101 heavy (non-hydrogen) atoms. The van der Waals surface area contributed by atoms with Gasteiger partial charge in [0.1, 0.15) is 77.4 Å². The van der Waals surface area contributed by atoms with E-state index in [9.17, 15) is 47.9 Å². The number of methoxy groups -OCH3 is 1. The van der Waals surface area contributed by atoms with E-state index >= 15 is 23.2 Å². The minimum Gasteiger partial charge on any atom is -0.497 e. The third kappa shape index (κ3) is 18.9. The molecule has 10 rings (SSSR count). The van der Waals surface area contributed by atoms with E-state index in [-0.39, 0.29) is 69.0 Å². The van der Waals surface area contributed by atoms with Crippen molar-refractivity contribution in [1.29, 1.82) is 0 Å². The van der Waals surface area contributed by atoms with E-state index in [1.807, 2.05) is 0 Å². The van der Waals surface area contributed by atoms with Gasteiger partial charge in [-0.05, 0) is 129 Å². The number of aliphatic hydroxyl groups excluding tert-OH is 1. The molecule has 0 saturated carbocycles. The summed E-state index contributed by atoms with van der Waals surface area (Å²) in [5.41, 5.74) is 13.1. The van der Waals surface area contributed by atoms with Gasteiger partial charge in [-0.2, -0.15) is 0 Å². The first kappa shape index (κ1) is 74.9. The summed E-state index contributed by atoms with van der Waals surface area (Å²) in [6, 6.07) is 8.29. The van der Waals surface area contributed by atoms with Gasteiger partial charge in [0, 0.05) is 92.2 Å². The van der Waals surface area contributed by atoms with Gasteiger partial charge in [0.2, 0.25) is 65.0 Å². The van der Waals surface area contributed by atoms with Crippen LogP contribution in [0.1, 0.15) is 106 Å². The highest BCUT2D eigenvalue weighted by Gasteiger charge is 2.49. The highest BCUT2D eigenvalue weighted by molar-refractivity contribution is 6.01. The number of nitrogens with one attached hydrogen (secondary N) is 10. The molecule has 0 radical (unpaired) electrons. The minimum atomic E-state index is -1.90. The molecule has 2 fully saturated rings. The summed E-state index contributed by atoms with van der Waals surface area (Å²) < 4.78 is 51.4. The fourth-order valence-electron chi connectivity index (χ4n) is 13.1. The van der Waals surface area contributed by atoms with E-state index in [2.05, 4.69) is 52.5 Å². The molecule has 540 valence electrons. The zero-order valence-electron chi connectivity index (χ0n) is 56.6. The number of H-pyrrole nitrogens is 2. The SMILES string of the molecule is COc1ccc(C[C@@H]2NC(=O)[C@H]([C@@H](C)O)NC(=O)[C@@H]3C[C@H](F)CN3C(=O)[C@H](Cc3c[nH]c4ccc(F)cc34)NC(=O)[C@H](Cc3c[nH]c4ccc(F)cc34)NC(=O)[C@@H](C)NC(=O)[C@H](CCCCCN)NC(=O)CCC(=O)NCc3ccc(cc3)C[C@@H](C(N)=O)NC(=O)[C@]3(C)CCCN3C2=O)cc1. The third-order valence-corrected chi connectivity index (χ3v) is 18.8. The van der Waals surface area contributed by atoms with Crippen molar-refractivity contribution in [3.8, 4) is 5.75 Å². The maximum atomic E-state index is 16.1. The van der Waals surface area contributed by atoms with Gasteiger partial charge in [0.05, 0.1) is 19.8 Å². The van der Waals surface area contributed by atoms with Gasteiger partial charge in [-0.15, -0.1) is 0 Å². The Morgan fingerprint density at radius 1 is 0.673 bits per heavy atom. The number of unbranched alkanes of at least 4 members (excludes halogenated alkanes) is 2. The van der Waals surface area contributed by atoms with Crippen LogP contribution in [0.4, 0.5) is 13.2 Å². The fourth-order valence-corrected chi connectivity index (χ4v) is 13.1. The molecule has 30 heteroatoms. The molecule has 6 aromatic rings. The molecule has 2 aromatic heterocycles. The summed E-state index contributed by atoms with van der Waals surface area (Å²) in [4.78, 5) is 167. The average Bonchev–Trinajstić information content (AvgIpc) is 1.70. The lowest BCUT2D eigenvalue weighted by Crippen LogP contribution is -2.64. The number of carbonyl (C=O) groups excluding carboxylic acids is 11. The van der Waals surface area contributed by atoms with Gasteiger partial charge in [-0.3, -0.25) is 52.7 Å². The van der Waals surface area contributed by atoms with Crippen LogP contribution in [0, 0.1) is 11.6 Å². The quantitative estimate of drug-likeness (QED) is 0.0546. The number of ether oxygens (including phenoxy) is 1. The number of carbonyl (C=O) groups is 11. The Balaban J connectivity index is 1.06. The minimum absolute atomic E-state index is 0.00403. The monoisotopic (exact) mass is 1400 g/mol. The lowest BCUT2D eigenvalue weighted by molar-refractivity contribution is -0.147. The van der Waals surface area contributed by atoms with Crippen molar-refractivity contribution < 1.29 is 75.8 Å². The Kier molecular flexibility index (Phi) is 25.0. The zero-order chi connectivity index (χ0) is 72.8. The van der Waals surface area contributed by atoms with Gasteiger partial charge in [-0.25, -0.2) is 13.2 Å². The molecular formula is C71H87F3N14O13. The van der Waals surface area contributed by atoms with E-state index in [1.54, 1.807) is 48.5 Å². The van der Waals surface area contributed by atoms with Crippen molar-refractivity contribution in [3.05, 3.63) is 137 Å². The molecule has 11 atom stereocenters. The third-order valence-electron chi connectivity index (χ3n) is 18.8. The number of aromatic amines is 2. The van der Waals surface area contributed by atoms with Crippen LogP contribution in [0.15, 0.2) is 97.3 Å². The first-order valence-electron chi connectivity index (χ1n) is 33.8. The van der Waals surface area contributed by atoms with Crippen LogP contribution in [0.2, 0.25) is 0 Å². The molecular weight excluding hydrogens is 1310 g/mol. The van der Waals surface area contributed by atoms with Gasteiger partial charge in [0.25, 0.3) is 0 Å². The number of hydrogen-bond acceptors (Lipinski definition) is 14. The molecule has 0 unspecified atom stereocenters. The summed E-state index contributed by atoms with van der Waals surface area (Å²) in [6.45, 7) is 3.62.